The van der Waals surface area contributed by atoms with Gasteiger partial charge in [0.05, 0.1) is 14.2 Å². The molecule has 0 aliphatic heterocycles. The normalized spacial score (nSPS) is 14.5. The SMILES string of the molecule is COC(=O)[C@H](O)S[C@@H](O)C(=O)OC. The van der Waals surface area contributed by atoms with E-state index in [1.54, 1.807) is 0 Å². The molecule has 6 nitrogen and oxygen atoms in total. The van der Waals surface area contributed by atoms with Crippen LogP contribution >= 0.6 is 11.8 Å². The minimum atomic E-state index is -1.60. The molecule has 0 aliphatic rings. The van der Waals surface area contributed by atoms with Crippen molar-refractivity contribution in [2.24, 2.45) is 0 Å². The van der Waals surface area contributed by atoms with Crippen LogP contribution in [0.15, 0.2) is 0 Å². The lowest BCUT2D eigenvalue weighted by Gasteiger charge is -2.11. The molecule has 0 amide bonds. The van der Waals surface area contributed by atoms with Crippen molar-refractivity contribution in [3.63, 3.8) is 0 Å². The highest BCUT2D eigenvalue weighted by molar-refractivity contribution is 8.01. The first-order valence-corrected chi connectivity index (χ1v) is 4.14. The standard InChI is InChI=1S/C6H10O6S/c1-11-3(7)5(9)13-6(10)4(8)12-2/h5-6,9-10H,1-2H3/t5-,6-/m1/s1. The summed E-state index contributed by atoms with van der Waals surface area (Å²) >= 11 is 0.327. The van der Waals surface area contributed by atoms with Crippen LogP contribution in [-0.2, 0) is 19.1 Å². The zero-order valence-electron chi connectivity index (χ0n) is 7.09. The van der Waals surface area contributed by atoms with E-state index in [0.717, 1.165) is 14.2 Å². The number of carbonyl (C=O) groups excluding carboxylic acids is 2. The van der Waals surface area contributed by atoms with Crippen LogP contribution in [0.5, 0.6) is 0 Å². The molecule has 0 radical (unpaired) electrons. The summed E-state index contributed by atoms with van der Waals surface area (Å²) < 4.78 is 8.31. The predicted molar refractivity (Wildman–Crippen MR) is 43.6 cm³/mol. The van der Waals surface area contributed by atoms with Crippen molar-refractivity contribution >= 4 is 23.7 Å². The molecule has 0 bridgehead atoms. The highest BCUT2D eigenvalue weighted by Crippen LogP contribution is 2.15. The van der Waals surface area contributed by atoms with Gasteiger partial charge in [-0.05, 0) is 0 Å². The molecular formula is C6H10O6S. The number of hydrogen-bond donors (Lipinski definition) is 2. The molecule has 0 fully saturated rings. The van der Waals surface area contributed by atoms with Gasteiger partial charge in [-0.15, -0.1) is 0 Å². The second-order valence-corrected chi connectivity index (χ2v) is 3.05. The quantitative estimate of drug-likeness (QED) is 0.440. The van der Waals surface area contributed by atoms with E-state index in [9.17, 15) is 9.59 Å². The molecule has 0 aromatic heterocycles. The summed E-state index contributed by atoms with van der Waals surface area (Å²) in [5.74, 6) is -1.87. The summed E-state index contributed by atoms with van der Waals surface area (Å²) in [7, 11) is 2.16. The van der Waals surface area contributed by atoms with Gasteiger partial charge in [0.15, 0.2) is 0 Å². The van der Waals surface area contributed by atoms with Crippen molar-refractivity contribution in [1.29, 1.82) is 0 Å². The van der Waals surface area contributed by atoms with Gasteiger partial charge in [-0.2, -0.15) is 0 Å². The lowest BCUT2D eigenvalue weighted by molar-refractivity contribution is -0.146. The van der Waals surface area contributed by atoms with E-state index < -0.39 is 22.8 Å². The summed E-state index contributed by atoms with van der Waals surface area (Å²) in [6.07, 6.45) is 0. The van der Waals surface area contributed by atoms with Crippen LogP contribution in [0, 0.1) is 0 Å². The average molecular weight is 210 g/mol. The van der Waals surface area contributed by atoms with Crippen LogP contribution in [0.25, 0.3) is 0 Å². The van der Waals surface area contributed by atoms with Gasteiger partial charge >= 0.3 is 11.9 Å². The molecule has 0 unspecified atom stereocenters. The summed E-state index contributed by atoms with van der Waals surface area (Å²) in [6, 6.07) is 0. The molecule has 0 saturated carbocycles. The van der Waals surface area contributed by atoms with Crippen molar-refractivity contribution in [2.75, 3.05) is 14.2 Å². The van der Waals surface area contributed by atoms with Crippen molar-refractivity contribution in [2.45, 2.75) is 10.9 Å². The Balaban J connectivity index is 3.98. The lowest BCUT2D eigenvalue weighted by atomic mass is 10.7. The van der Waals surface area contributed by atoms with E-state index in [-0.39, 0.29) is 0 Å². The van der Waals surface area contributed by atoms with Crippen LogP contribution in [0.1, 0.15) is 0 Å². The number of rotatable bonds is 4. The van der Waals surface area contributed by atoms with Crippen molar-refractivity contribution in [3.8, 4) is 0 Å². The molecule has 0 spiro atoms. The maximum absolute atomic E-state index is 10.6. The van der Waals surface area contributed by atoms with Crippen LogP contribution in [0.4, 0.5) is 0 Å². The first-order chi connectivity index (χ1) is 6.02. The predicted octanol–water partition coefficient (Wildman–Crippen LogP) is -1.30. The Hall–Kier alpha value is -0.790. The van der Waals surface area contributed by atoms with E-state index in [1.165, 1.54) is 0 Å². The van der Waals surface area contributed by atoms with Crippen molar-refractivity contribution in [1.82, 2.24) is 0 Å². The molecule has 0 aromatic rings. The van der Waals surface area contributed by atoms with Gasteiger partial charge in [-0.3, -0.25) is 0 Å². The fraction of sp³-hybridized carbons (Fsp3) is 0.667. The number of esters is 2. The molecular weight excluding hydrogens is 200 g/mol. The molecule has 0 aliphatic carbocycles. The van der Waals surface area contributed by atoms with Crippen molar-refractivity contribution in [3.05, 3.63) is 0 Å². The number of aliphatic hydroxyl groups is 2. The highest BCUT2D eigenvalue weighted by atomic mass is 32.2. The Morgan fingerprint density at radius 1 is 1.08 bits per heavy atom. The molecule has 0 rings (SSSR count). The number of aliphatic hydroxyl groups excluding tert-OH is 2. The third-order valence-corrected chi connectivity index (χ3v) is 1.96. The van der Waals surface area contributed by atoms with Crippen molar-refractivity contribution < 1.29 is 29.3 Å². The Morgan fingerprint density at radius 3 is 1.62 bits per heavy atom. The number of carbonyl (C=O) groups is 2. The van der Waals surface area contributed by atoms with Gasteiger partial charge in [-0.1, -0.05) is 11.8 Å². The average Bonchev–Trinajstić information content (AvgIpc) is 2.14. The van der Waals surface area contributed by atoms with E-state index in [4.69, 9.17) is 10.2 Å². The van der Waals surface area contributed by atoms with Crippen LogP contribution in [0.2, 0.25) is 0 Å². The number of hydrogen-bond acceptors (Lipinski definition) is 7. The third kappa shape index (κ3) is 4.11. The maximum atomic E-state index is 10.6. The Kier molecular flexibility index (Phi) is 5.44. The fourth-order valence-corrected chi connectivity index (χ4v) is 1.09. The highest BCUT2D eigenvalue weighted by Gasteiger charge is 2.25. The molecule has 2 N–H and O–H groups in total. The Bertz CT molecular complexity index is 174. The molecule has 0 heterocycles. The number of ether oxygens (including phenoxy) is 2. The summed E-state index contributed by atoms with van der Waals surface area (Å²) in [6.45, 7) is 0. The molecule has 7 heteroatoms. The summed E-state index contributed by atoms with van der Waals surface area (Å²) in [5.41, 5.74) is -3.20. The number of methoxy groups -OCH3 is 2. The molecule has 2 atom stereocenters. The molecule has 76 valence electrons. The van der Waals surface area contributed by atoms with Crippen LogP contribution in [-0.4, -0.2) is 47.2 Å². The maximum Gasteiger partial charge on any atom is 0.345 e. The summed E-state index contributed by atoms with van der Waals surface area (Å²) in [4.78, 5) is 21.2. The van der Waals surface area contributed by atoms with E-state index >= 15 is 0 Å². The largest absolute Gasteiger partial charge is 0.466 e. The first kappa shape index (κ1) is 12.2. The van der Waals surface area contributed by atoms with Gasteiger partial charge in [0, 0.05) is 0 Å². The first-order valence-electron chi connectivity index (χ1n) is 3.20. The minimum absolute atomic E-state index is 0.327. The smallest absolute Gasteiger partial charge is 0.345 e. The zero-order chi connectivity index (χ0) is 10.4. The monoisotopic (exact) mass is 210 g/mol. The van der Waals surface area contributed by atoms with Crippen LogP contribution in [0.3, 0.4) is 0 Å². The Labute approximate surface area is 78.8 Å². The molecule has 13 heavy (non-hydrogen) atoms. The van der Waals surface area contributed by atoms with Gasteiger partial charge in [0.25, 0.3) is 0 Å². The second-order valence-electron chi connectivity index (χ2n) is 1.89. The van der Waals surface area contributed by atoms with Gasteiger partial charge in [0.1, 0.15) is 0 Å². The van der Waals surface area contributed by atoms with Gasteiger partial charge < -0.3 is 19.7 Å². The third-order valence-electron chi connectivity index (χ3n) is 1.06. The minimum Gasteiger partial charge on any atom is -0.466 e. The van der Waals surface area contributed by atoms with E-state index in [1.807, 2.05) is 0 Å². The topological polar surface area (TPSA) is 93.1 Å². The van der Waals surface area contributed by atoms with Crippen LogP contribution < -0.4 is 0 Å². The van der Waals surface area contributed by atoms with E-state index in [0.29, 0.717) is 11.8 Å². The molecule has 0 saturated heterocycles. The fourth-order valence-electron chi connectivity index (χ4n) is 0.435. The Morgan fingerprint density at radius 2 is 1.38 bits per heavy atom. The van der Waals surface area contributed by atoms with Gasteiger partial charge in [-0.25, -0.2) is 9.59 Å². The summed E-state index contributed by atoms with van der Waals surface area (Å²) in [5, 5.41) is 17.9. The van der Waals surface area contributed by atoms with Gasteiger partial charge in [0.2, 0.25) is 10.9 Å². The second kappa shape index (κ2) is 5.79. The molecule has 0 aromatic carbocycles. The van der Waals surface area contributed by atoms with E-state index in [2.05, 4.69) is 9.47 Å². The lowest BCUT2D eigenvalue weighted by Crippen LogP contribution is -2.26. The zero-order valence-corrected chi connectivity index (χ0v) is 7.91. The number of thioether (sulfide) groups is 1.